The molecule has 1 amide bonds. The van der Waals surface area contributed by atoms with E-state index >= 15 is 0 Å². The van der Waals surface area contributed by atoms with Crippen LogP contribution >= 0.6 is 23.2 Å². The zero-order chi connectivity index (χ0) is 13.1. The van der Waals surface area contributed by atoms with Gasteiger partial charge in [-0.2, -0.15) is 0 Å². The standard InChI is InChI=1S/C12H16Cl2N2O/c1-12(2,3)15-7-11(17)16-10-5-4-8(13)6-9(10)14/h4-6,15H,7H2,1-3H3,(H,16,17). The van der Waals surface area contributed by atoms with Crippen LogP contribution in [0.3, 0.4) is 0 Å². The van der Waals surface area contributed by atoms with E-state index in [0.717, 1.165) is 0 Å². The first kappa shape index (κ1) is 14.3. The Morgan fingerprint density at radius 3 is 2.47 bits per heavy atom. The van der Waals surface area contributed by atoms with Gasteiger partial charge in [0.05, 0.1) is 17.3 Å². The van der Waals surface area contributed by atoms with Gasteiger partial charge in [-0.1, -0.05) is 23.2 Å². The molecule has 0 spiro atoms. The second-order valence-electron chi connectivity index (χ2n) is 4.78. The number of amides is 1. The first-order valence-corrected chi connectivity index (χ1v) is 6.03. The summed E-state index contributed by atoms with van der Waals surface area (Å²) in [7, 11) is 0. The molecule has 0 aliphatic carbocycles. The third-order valence-corrected chi connectivity index (χ3v) is 2.53. The van der Waals surface area contributed by atoms with Crippen LogP contribution in [0, 0.1) is 0 Å². The number of rotatable bonds is 3. The predicted octanol–water partition coefficient (Wildman–Crippen LogP) is 3.32. The van der Waals surface area contributed by atoms with Crippen LogP contribution in [0.4, 0.5) is 5.69 Å². The lowest BCUT2D eigenvalue weighted by Gasteiger charge is -2.20. The van der Waals surface area contributed by atoms with Gasteiger partial charge in [0.15, 0.2) is 0 Å². The molecule has 94 valence electrons. The molecule has 0 unspecified atom stereocenters. The highest BCUT2D eigenvalue weighted by Gasteiger charge is 2.12. The maximum absolute atomic E-state index is 11.6. The van der Waals surface area contributed by atoms with Crippen molar-refractivity contribution in [3.63, 3.8) is 0 Å². The lowest BCUT2D eigenvalue weighted by atomic mass is 10.1. The molecule has 0 bridgehead atoms. The zero-order valence-corrected chi connectivity index (χ0v) is 11.6. The highest BCUT2D eigenvalue weighted by molar-refractivity contribution is 6.36. The van der Waals surface area contributed by atoms with Gasteiger partial charge >= 0.3 is 0 Å². The lowest BCUT2D eigenvalue weighted by Crippen LogP contribution is -2.41. The predicted molar refractivity (Wildman–Crippen MR) is 72.8 cm³/mol. The van der Waals surface area contributed by atoms with E-state index in [1.165, 1.54) is 0 Å². The fourth-order valence-corrected chi connectivity index (χ4v) is 1.59. The van der Waals surface area contributed by atoms with Crippen molar-refractivity contribution in [2.24, 2.45) is 0 Å². The number of anilines is 1. The second-order valence-corrected chi connectivity index (χ2v) is 5.62. The van der Waals surface area contributed by atoms with Crippen LogP contribution in [-0.2, 0) is 4.79 Å². The highest BCUT2D eigenvalue weighted by atomic mass is 35.5. The smallest absolute Gasteiger partial charge is 0.238 e. The summed E-state index contributed by atoms with van der Waals surface area (Å²) in [6, 6.07) is 4.95. The summed E-state index contributed by atoms with van der Waals surface area (Å²) in [5.74, 6) is -0.135. The molecule has 0 fully saturated rings. The van der Waals surface area contributed by atoms with E-state index < -0.39 is 0 Å². The number of hydrogen-bond acceptors (Lipinski definition) is 2. The van der Waals surface area contributed by atoms with Crippen LogP contribution in [0.5, 0.6) is 0 Å². The number of nitrogens with one attached hydrogen (secondary N) is 2. The molecule has 1 rings (SSSR count). The highest BCUT2D eigenvalue weighted by Crippen LogP contribution is 2.25. The third-order valence-electron chi connectivity index (χ3n) is 1.98. The van der Waals surface area contributed by atoms with Gasteiger partial charge in [0.25, 0.3) is 0 Å². The molecule has 0 atom stereocenters. The van der Waals surface area contributed by atoms with E-state index in [1.807, 2.05) is 20.8 Å². The Kier molecular flexibility index (Phi) is 4.80. The molecule has 0 radical (unpaired) electrons. The van der Waals surface area contributed by atoms with E-state index in [4.69, 9.17) is 23.2 Å². The minimum Gasteiger partial charge on any atom is -0.324 e. The Morgan fingerprint density at radius 2 is 1.94 bits per heavy atom. The quantitative estimate of drug-likeness (QED) is 0.888. The molecule has 0 heterocycles. The lowest BCUT2D eigenvalue weighted by molar-refractivity contribution is -0.115. The van der Waals surface area contributed by atoms with Crippen molar-refractivity contribution in [2.45, 2.75) is 26.3 Å². The summed E-state index contributed by atoms with van der Waals surface area (Å²) in [6.45, 7) is 6.23. The monoisotopic (exact) mass is 274 g/mol. The molecule has 5 heteroatoms. The summed E-state index contributed by atoms with van der Waals surface area (Å²) in [6.07, 6.45) is 0. The molecule has 0 aliphatic rings. The molecular weight excluding hydrogens is 259 g/mol. The molecule has 0 saturated carbocycles. The van der Waals surface area contributed by atoms with Crippen molar-refractivity contribution >= 4 is 34.8 Å². The minimum absolute atomic E-state index is 0.0961. The van der Waals surface area contributed by atoms with Crippen molar-refractivity contribution in [3.8, 4) is 0 Å². The molecule has 0 aromatic heterocycles. The Bertz CT molecular complexity index is 413. The maximum Gasteiger partial charge on any atom is 0.238 e. The second kappa shape index (κ2) is 5.71. The number of carbonyl (C=O) groups excluding carboxylic acids is 1. The molecule has 17 heavy (non-hydrogen) atoms. The first-order chi connectivity index (χ1) is 7.78. The fraction of sp³-hybridized carbons (Fsp3) is 0.417. The summed E-state index contributed by atoms with van der Waals surface area (Å²) in [5, 5.41) is 6.78. The normalized spacial score (nSPS) is 11.4. The van der Waals surface area contributed by atoms with Crippen molar-refractivity contribution in [1.29, 1.82) is 0 Å². The van der Waals surface area contributed by atoms with Crippen LogP contribution in [0.1, 0.15) is 20.8 Å². The molecular formula is C12H16Cl2N2O. The SMILES string of the molecule is CC(C)(C)NCC(=O)Nc1ccc(Cl)cc1Cl. The maximum atomic E-state index is 11.6. The summed E-state index contributed by atoms with van der Waals surface area (Å²) >= 11 is 11.7. The van der Waals surface area contributed by atoms with Crippen molar-refractivity contribution in [1.82, 2.24) is 5.32 Å². The Labute approximate surface area is 111 Å². The largest absolute Gasteiger partial charge is 0.324 e. The van der Waals surface area contributed by atoms with Gasteiger partial charge < -0.3 is 10.6 Å². The van der Waals surface area contributed by atoms with Gasteiger partial charge in [0.1, 0.15) is 0 Å². The van der Waals surface area contributed by atoms with Gasteiger partial charge in [-0.05, 0) is 39.0 Å². The third kappa shape index (κ3) is 5.39. The first-order valence-electron chi connectivity index (χ1n) is 5.28. The van der Waals surface area contributed by atoms with Crippen LogP contribution in [0.15, 0.2) is 18.2 Å². The van der Waals surface area contributed by atoms with Crippen molar-refractivity contribution < 1.29 is 4.79 Å². The van der Waals surface area contributed by atoms with Crippen LogP contribution < -0.4 is 10.6 Å². The van der Waals surface area contributed by atoms with Crippen molar-refractivity contribution in [2.75, 3.05) is 11.9 Å². The molecule has 3 nitrogen and oxygen atoms in total. The topological polar surface area (TPSA) is 41.1 Å². The van der Waals surface area contributed by atoms with E-state index in [9.17, 15) is 4.79 Å². The molecule has 1 aromatic carbocycles. The Balaban J connectivity index is 2.57. The number of halogens is 2. The van der Waals surface area contributed by atoms with Gasteiger partial charge in [0.2, 0.25) is 5.91 Å². The van der Waals surface area contributed by atoms with Crippen LogP contribution in [0.25, 0.3) is 0 Å². The van der Waals surface area contributed by atoms with Gasteiger partial charge in [-0.15, -0.1) is 0 Å². The van der Waals surface area contributed by atoms with Crippen molar-refractivity contribution in [3.05, 3.63) is 28.2 Å². The van der Waals surface area contributed by atoms with Gasteiger partial charge in [-0.25, -0.2) is 0 Å². The number of benzene rings is 1. The van der Waals surface area contributed by atoms with E-state index in [-0.39, 0.29) is 18.0 Å². The summed E-state index contributed by atoms with van der Waals surface area (Å²) < 4.78 is 0. The van der Waals surface area contributed by atoms with Gasteiger partial charge in [0, 0.05) is 10.6 Å². The van der Waals surface area contributed by atoms with E-state index in [0.29, 0.717) is 15.7 Å². The van der Waals surface area contributed by atoms with E-state index in [1.54, 1.807) is 18.2 Å². The molecule has 2 N–H and O–H groups in total. The van der Waals surface area contributed by atoms with Crippen LogP contribution in [-0.4, -0.2) is 18.0 Å². The summed E-state index contributed by atoms with van der Waals surface area (Å²) in [4.78, 5) is 11.6. The van der Waals surface area contributed by atoms with Gasteiger partial charge in [-0.3, -0.25) is 4.79 Å². The average Bonchev–Trinajstić information content (AvgIpc) is 2.18. The summed E-state index contributed by atoms with van der Waals surface area (Å²) in [5.41, 5.74) is 0.470. The molecule has 1 aromatic rings. The average molecular weight is 275 g/mol. The Morgan fingerprint density at radius 1 is 1.29 bits per heavy atom. The number of hydrogen-bond donors (Lipinski definition) is 2. The minimum atomic E-state index is -0.135. The molecule has 0 saturated heterocycles. The molecule has 0 aliphatic heterocycles. The van der Waals surface area contributed by atoms with Crippen LogP contribution in [0.2, 0.25) is 10.0 Å². The fourth-order valence-electron chi connectivity index (χ4n) is 1.13. The Hall–Kier alpha value is -0.770. The zero-order valence-electron chi connectivity index (χ0n) is 10.1. The number of carbonyl (C=O) groups is 1. The van der Waals surface area contributed by atoms with E-state index in [2.05, 4.69) is 10.6 Å².